The summed E-state index contributed by atoms with van der Waals surface area (Å²) in [5.41, 5.74) is 15.7. The highest BCUT2D eigenvalue weighted by atomic mass is 16.6. The van der Waals surface area contributed by atoms with Gasteiger partial charge in [-0.05, 0) is 17.7 Å². The third-order valence-electron chi connectivity index (χ3n) is 6.70. The van der Waals surface area contributed by atoms with Crippen LogP contribution in [0.25, 0.3) is 0 Å². The maximum atomic E-state index is 13.7. The summed E-state index contributed by atoms with van der Waals surface area (Å²) in [7, 11) is 0. The van der Waals surface area contributed by atoms with Crippen LogP contribution < -0.4 is 16.4 Å². The van der Waals surface area contributed by atoms with Gasteiger partial charge in [-0.2, -0.15) is 0 Å². The number of allylic oxidation sites excluding steroid dienone is 4. The Morgan fingerprint density at radius 2 is 1.70 bits per heavy atom. The minimum Gasteiger partial charge on any atom is -0.424 e. The molecule has 7 nitrogen and oxygen atoms in total. The van der Waals surface area contributed by atoms with E-state index in [1.54, 1.807) is 54.3 Å². The van der Waals surface area contributed by atoms with Crippen LogP contribution in [0.5, 0.6) is 0 Å². The topological polar surface area (TPSA) is 116 Å². The molecule has 33 heavy (non-hydrogen) atoms. The van der Waals surface area contributed by atoms with Gasteiger partial charge in [0.05, 0.1) is 11.8 Å². The Balaban J connectivity index is 1.72. The Hall–Kier alpha value is -3.55. The molecular formula is C26H25N3O4. The zero-order valence-corrected chi connectivity index (χ0v) is 18.2. The van der Waals surface area contributed by atoms with Gasteiger partial charge >= 0.3 is 5.97 Å². The largest absolute Gasteiger partial charge is 0.424 e. The predicted molar refractivity (Wildman–Crippen MR) is 123 cm³/mol. The van der Waals surface area contributed by atoms with Crippen molar-refractivity contribution in [3.05, 3.63) is 89.1 Å². The quantitative estimate of drug-likeness (QED) is 0.686. The summed E-state index contributed by atoms with van der Waals surface area (Å²) < 4.78 is 5.75. The van der Waals surface area contributed by atoms with E-state index in [2.05, 4.69) is 0 Å². The van der Waals surface area contributed by atoms with E-state index in [1.165, 1.54) is 0 Å². The lowest BCUT2D eigenvalue weighted by molar-refractivity contribution is -0.161. The van der Waals surface area contributed by atoms with Crippen molar-refractivity contribution in [2.24, 2.45) is 23.3 Å². The molecule has 1 heterocycles. The number of esters is 1. The molecule has 0 saturated carbocycles. The maximum Gasteiger partial charge on any atom is 0.326 e. The average molecular weight is 444 g/mol. The lowest BCUT2D eigenvalue weighted by atomic mass is 9.70. The van der Waals surface area contributed by atoms with Crippen LogP contribution in [0.4, 0.5) is 5.69 Å². The zero-order chi connectivity index (χ0) is 23.3. The van der Waals surface area contributed by atoms with Crippen molar-refractivity contribution in [3.8, 4) is 0 Å². The van der Waals surface area contributed by atoms with Gasteiger partial charge in [-0.1, -0.05) is 61.5 Å². The molecule has 4 unspecified atom stereocenters. The van der Waals surface area contributed by atoms with Gasteiger partial charge in [-0.15, -0.1) is 0 Å². The molecule has 2 aromatic rings. The van der Waals surface area contributed by atoms with Gasteiger partial charge in [0.25, 0.3) is 0 Å². The molecule has 0 fully saturated rings. The first-order valence-corrected chi connectivity index (χ1v) is 11.1. The molecule has 5 rings (SSSR count). The summed E-state index contributed by atoms with van der Waals surface area (Å²) in [4.78, 5) is 41.5. The van der Waals surface area contributed by atoms with Crippen LogP contribution in [-0.2, 0) is 16.0 Å². The number of hydrogen-bond acceptors (Lipinski definition) is 7. The highest BCUT2D eigenvalue weighted by molar-refractivity contribution is 6.18. The molecule has 168 valence electrons. The van der Waals surface area contributed by atoms with E-state index in [0.29, 0.717) is 22.5 Å². The molecule has 1 aliphatic heterocycles. The molecule has 4 N–H and O–H groups in total. The Morgan fingerprint density at radius 1 is 1.03 bits per heavy atom. The van der Waals surface area contributed by atoms with Crippen molar-refractivity contribution < 1.29 is 19.1 Å². The fourth-order valence-corrected chi connectivity index (χ4v) is 4.99. The molecule has 2 aliphatic carbocycles. The number of nitrogens with two attached hydrogens (primary N) is 2. The van der Waals surface area contributed by atoms with Crippen molar-refractivity contribution in [2.75, 3.05) is 4.90 Å². The number of ketones is 2. The monoisotopic (exact) mass is 443 g/mol. The van der Waals surface area contributed by atoms with Crippen molar-refractivity contribution in [1.82, 2.24) is 0 Å². The number of fused-ring (bicyclic) bond motifs is 3. The minimum absolute atomic E-state index is 0.115. The van der Waals surface area contributed by atoms with E-state index in [4.69, 9.17) is 16.2 Å². The first-order chi connectivity index (χ1) is 15.9. The van der Waals surface area contributed by atoms with Crippen LogP contribution in [-0.4, -0.2) is 29.4 Å². The number of rotatable bonds is 2. The Kier molecular flexibility index (Phi) is 5.03. The highest BCUT2D eigenvalue weighted by Gasteiger charge is 2.49. The van der Waals surface area contributed by atoms with Crippen molar-refractivity contribution >= 4 is 23.2 Å². The molecule has 2 aromatic carbocycles. The Labute approximate surface area is 191 Å². The first-order valence-electron chi connectivity index (χ1n) is 11.1. The van der Waals surface area contributed by atoms with Crippen LogP contribution in [0.15, 0.2) is 72.5 Å². The molecule has 0 bridgehead atoms. The fourth-order valence-electron chi connectivity index (χ4n) is 4.99. The summed E-state index contributed by atoms with van der Waals surface area (Å²) in [6, 6.07) is 13.5. The summed E-state index contributed by atoms with van der Waals surface area (Å²) >= 11 is 0. The minimum atomic E-state index is -1.59. The molecule has 4 atom stereocenters. The summed E-state index contributed by atoms with van der Waals surface area (Å²) in [5.74, 6) is -3.93. The Morgan fingerprint density at radius 3 is 2.42 bits per heavy atom. The zero-order valence-electron chi connectivity index (χ0n) is 18.2. The van der Waals surface area contributed by atoms with Gasteiger partial charge in [-0.3, -0.25) is 25.0 Å². The van der Waals surface area contributed by atoms with E-state index in [1.807, 2.05) is 24.3 Å². The van der Waals surface area contributed by atoms with Crippen molar-refractivity contribution in [1.29, 1.82) is 0 Å². The number of ether oxygens (including phenoxy) is 1. The second-order valence-corrected chi connectivity index (χ2v) is 8.65. The summed E-state index contributed by atoms with van der Waals surface area (Å²) in [6.45, 7) is 1.80. The smallest absolute Gasteiger partial charge is 0.326 e. The maximum absolute atomic E-state index is 13.7. The number of carbonyl (C=O) groups excluding carboxylic acids is 3. The molecular weight excluding hydrogens is 418 g/mol. The van der Waals surface area contributed by atoms with Gasteiger partial charge in [0.1, 0.15) is 6.04 Å². The van der Waals surface area contributed by atoms with Crippen LogP contribution in [0, 0.1) is 11.8 Å². The van der Waals surface area contributed by atoms with Gasteiger partial charge in [0.15, 0.2) is 11.6 Å². The third-order valence-corrected chi connectivity index (χ3v) is 6.70. The van der Waals surface area contributed by atoms with Crippen molar-refractivity contribution in [3.63, 3.8) is 0 Å². The van der Waals surface area contributed by atoms with E-state index < -0.39 is 29.7 Å². The second-order valence-electron chi connectivity index (χ2n) is 8.65. The Bertz CT molecular complexity index is 1230. The number of Topliss-reactive ketones (excluding diaryl/α,β-unsaturated/α-hetero) is 2. The van der Waals surface area contributed by atoms with E-state index in [-0.39, 0.29) is 24.4 Å². The van der Waals surface area contributed by atoms with Crippen LogP contribution >= 0.6 is 0 Å². The third kappa shape index (κ3) is 3.23. The second kappa shape index (κ2) is 7.79. The molecule has 7 heteroatoms. The summed E-state index contributed by atoms with van der Waals surface area (Å²) in [6.07, 6.45) is 5.80. The van der Waals surface area contributed by atoms with Crippen molar-refractivity contribution in [2.45, 2.75) is 31.7 Å². The van der Waals surface area contributed by atoms with Crippen LogP contribution in [0.3, 0.4) is 0 Å². The number of benzene rings is 2. The number of anilines is 1. The van der Waals surface area contributed by atoms with E-state index in [9.17, 15) is 14.4 Å². The summed E-state index contributed by atoms with van der Waals surface area (Å²) in [5, 5.41) is 0. The number of cyclic esters (lactones) is 1. The number of nitrogens with zero attached hydrogens (tertiary/aromatic N) is 1. The van der Waals surface area contributed by atoms with Crippen LogP contribution in [0.1, 0.15) is 39.6 Å². The molecule has 0 spiro atoms. The number of para-hydroxylation sites is 1. The standard InChI is InChI=1S/C26H25N3O4/c1-2-26(28)29(20-12-6-3-8-15(20)14-19(27)25(32)33-26)21-13-7-11-18-22(21)24(31)17-10-5-4-9-16(17)23(18)30/h3-13,18-19,22H,2,14,27-28H2,1H3. The first kappa shape index (κ1) is 21.3. The SMILES string of the molecule is CCC1(N)OC(=O)C(N)Cc2ccccc2N1C1=CC=CC2C(=O)c3ccccc3C(=O)C12. The van der Waals surface area contributed by atoms with Crippen LogP contribution in [0.2, 0.25) is 0 Å². The molecule has 3 aliphatic rings. The lowest BCUT2D eigenvalue weighted by Gasteiger charge is -2.47. The van der Waals surface area contributed by atoms with Gasteiger partial charge < -0.3 is 10.5 Å². The molecule has 0 amide bonds. The van der Waals surface area contributed by atoms with Gasteiger partial charge in [-0.25, -0.2) is 0 Å². The van der Waals surface area contributed by atoms with Gasteiger partial charge in [0, 0.05) is 35.4 Å². The molecule has 0 aromatic heterocycles. The fraction of sp³-hybridized carbons (Fsp3) is 0.269. The lowest BCUT2D eigenvalue weighted by Crippen LogP contribution is -2.63. The molecule has 0 radical (unpaired) electrons. The molecule has 0 saturated heterocycles. The van der Waals surface area contributed by atoms with Gasteiger partial charge in [0.2, 0.25) is 5.85 Å². The normalized spacial score (nSPS) is 28.7. The number of carbonyl (C=O) groups is 3. The van der Waals surface area contributed by atoms with E-state index in [0.717, 1.165) is 5.56 Å². The van der Waals surface area contributed by atoms with E-state index >= 15 is 0 Å². The average Bonchev–Trinajstić information content (AvgIpc) is 2.83. The predicted octanol–water partition coefficient (Wildman–Crippen LogP) is 2.71. The highest BCUT2D eigenvalue weighted by Crippen LogP contribution is 2.44. The number of hydrogen-bond donors (Lipinski definition) is 2.